The summed E-state index contributed by atoms with van der Waals surface area (Å²) in [4.78, 5) is 2.36. The molecule has 4 heteroatoms. The Kier molecular flexibility index (Phi) is 4.19. The molecule has 1 aromatic rings. The Labute approximate surface area is 108 Å². The van der Waals surface area contributed by atoms with Crippen molar-refractivity contribution < 1.29 is 9.50 Å². The highest BCUT2D eigenvalue weighted by atomic mass is 19.1. The van der Waals surface area contributed by atoms with Gasteiger partial charge in [0.2, 0.25) is 0 Å². The van der Waals surface area contributed by atoms with E-state index in [0.29, 0.717) is 0 Å². The van der Waals surface area contributed by atoms with Crippen LogP contribution in [0.2, 0.25) is 0 Å². The molecule has 0 aromatic heterocycles. The number of aliphatic hydroxyl groups excluding tert-OH is 1. The number of hydrogen-bond donors (Lipinski definition) is 2. The second-order valence-electron chi connectivity index (χ2n) is 5.01. The van der Waals surface area contributed by atoms with Crippen LogP contribution in [0.5, 0.6) is 0 Å². The number of rotatable bonds is 4. The maximum atomic E-state index is 13.2. The number of benzene rings is 1. The predicted molar refractivity (Wildman–Crippen MR) is 71.2 cm³/mol. The van der Waals surface area contributed by atoms with Gasteiger partial charge in [0.1, 0.15) is 5.82 Å². The molecule has 3 nitrogen and oxygen atoms in total. The minimum atomic E-state index is -0.306. The zero-order chi connectivity index (χ0) is 13.0. The van der Waals surface area contributed by atoms with E-state index < -0.39 is 0 Å². The lowest BCUT2D eigenvalue weighted by molar-refractivity contribution is 0.122. The number of piperidine rings is 1. The summed E-state index contributed by atoms with van der Waals surface area (Å²) < 4.78 is 13.2. The summed E-state index contributed by atoms with van der Waals surface area (Å²) in [5, 5.41) is 13.0. The minimum absolute atomic E-state index is 0.0844. The number of aliphatic hydroxyl groups is 1. The van der Waals surface area contributed by atoms with E-state index in [-0.39, 0.29) is 18.0 Å². The first-order valence-corrected chi connectivity index (χ1v) is 6.54. The van der Waals surface area contributed by atoms with Crippen molar-refractivity contribution in [3.05, 3.63) is 30.1 Å². The van der Waals surface area contributed by atoms with Gasteiger partial charge in [0, 0.05) is 18.8 Å². The number of halogens is 1. The van der Waals surface area contributed by atoms with E-state index in [2.05, 4.69) is 17.1 Å². The van der Waals surface area contributed by atoms with E-state index in [0.717, 1.165) is 38.2 Å². The summed E-state index contributed by atoms with van der Waals surface area (Å²) >= 11 is 0. The molecule has 1 fully saturated rings. The molecule has 1 heterocycles. The number of likely N-dealkylation sites (tertiary alicyclic amines) is 1. The second kappa shape index (κ2) is 5.67. The maximum absolute atomic E-state index is 13.2. The molecule has 0 bridgehead atoms. The normalized spacial score (nSPS) is 19.7. The minimum Gasteiger partial charge on any atom is -0.394 e. The van der Waals surface area contributed by atoms with Crippen molar-refractivity contribution in [1.29, 1.82) is 0 Å². The molecule has 100 valence electrons. The maximum Gasteiger partial charge on any atom is 0.125 e. The van der Waals surface area contributed by atoms with Crippen molar-refractivity contribution in [2.75, 3.05) is 31.6 Å². The molecule has 1 aliphatic rings. The first-order valence-electron chi connectivity index (χ1n) is 6.54. The quantitative estimate of drug-likeness (QED) is 0.861. The van der Waals surface area contributed by atoms with Gasteiger partial charge >= 0.3 is 0 Å². The van der Waals surface area contributed by atoms with Crippen LogP contribution < -0.4 is 5.32 Å². The number of anilines is 1. The first kappa shape index (κ1) is 13.3. The largest absolute Gasteiger partial charge is 0.394 e. The lowest BCUT2D eigenvalue weighted by Crippen LogP contribution is -2.51. The Bertz CT molecular complexity index is 389. The van der Waals surface area contributed by atoms with Gasteiger partial charge in [-0.3, -0.25) is 0 Å². The molecule has 1 saturated heterocycles. The van der Waals surface area contributed by atoms with Crippen molar-refractivity contribution in [3.63, 3.8) is 0 Å². The number of nitrogens with zero attached hydrogens (tertiary/aromatic N) is 1. The van der Waals surface area contributed by atoms with Crippen LogP contribution in [0, 0.1) is 5.82 Å². The molecule has 0 radical (unpaired) electrons. The van der Waals surface area contributed by atoms with Gasteiger partial charge in [-0.25, -0.2) is 4.39 Å². The summed E-state index contributed by atoms with van der Waals surface area (Å²) in [5.74, 6) is -0.251. The summed E-state index contributed by atoms with van der Waals surface area (Å²) in [7, 11) is 0. The monoisotopic (exact) mass is 252 g/mol. The van der Waals surface area contributed by atoms with E-state index in [1.54, 1.807) is 6.07 Å². The van der Waals surface area contributed by atoms with Crippen LogP contribution in [-0.2, 0) is 0 Å². The van der Waals surface area contributed by atoms with Gasteiger partial charge in [-0.15, -0.1) is 0 Å². The van der Waals surface area contributed by atoms with Crippen LogP contribution in [0.3, 0.4) is 0 Å². The molecule has 18 heavy (non-hydrogen) atoms. The van der Waals surface area contributed by atoms with Crippen LogP contribution in [-0.4, -0.2) is 41.8 Å². The van der Waals surface area contributed by atoms with Crippen molar-refractivity contribution in [2.24, 2.45) is 0 Å². The Morgan fingerprint density at radius 2 is 2.11 bits per heavy atom. The lowest BCUT2D eigenvalue weighted by atomic mass is 9.88. The fraction of sp³-hybridized carbons (Fsp3) is 0.571. The van der Waals surface area contributed by atoms with E-state index in [4.69, 9.17) is 0 Å². The molecule has 0 unspecified atom stereocenters. The van der Waals surface area contributed by atoms with E-state index >= 15 is 0 Å². The second-order valence-corrected chi connectivity index (χ2v) is 5.01. The SMILES string of the molecule is CCN1CCC(CO)(Nc2cccc(F)c2)CC1. The third kappa shape index (κ3) is 3.00. The Morgan fingerprint density at radius 3 is 2.67 bits per heavy atom. The highest BCUT2D eigenvalue weighted by molar-refractivity contribution is 5.46. The van der Waals surface area contributed by atoms with Crippen molar-refractivity contribution in [2.45, 2.75) is 25.3 Å². The lowest BCUT2D eigenvalue weighted by Gasteiger charge is -2.41. The highest BCUT2D eigenvalue weighted by Crippen LogP contribution is 2.26. The molecule has 0 atom stereocenters. The Balaban J connectivity index is 2.05. The predicted octanol–water partition coefficient (Wildman–Crippen LogP) is 2.08. The summed E-state index contributed by atoms with van der Waals surface area (Å²) in [5.41, 5.74) is 0.438. The highest BCUT2D eigenvalue weighted by Gasteiger charge is 2.33. The van der Waals surface area contributed by atoms with Crippen molar-refractivity contribution >= 4 is 5.69 Å². The van der Waals surface area contributed by atoms with Gasteiger partial charge in [0.05, 0.1) is 12.1 Å². The molecule has 0 spiro atoms. The van der Waals surface area contributed by atoms with E-state index in [9.17, 15) is 9.50 Å². The zero-order valence-electron chi connectivity index (χ0n) is 10.8. The topological polar surface area (TPSA) is 35.5 Å². The third-order valence-electron chi connectivity index (χ3n) is 3.80. The van der Waals surface area contributed by atoms with Gasteiger partial charge in [-0.05, 0) is 37.6 Å². The number of nitrogens with one attached hydrogen (secondary N) is 1. The standard InChI is InChI=1S/C14H21FN2O/c1-2-17-8-6-14(11-18,7-9-17)16-13-5-3-4-12(15)10-13/h3-5,10,16,18H,2,6-9,11H2,1H3. The smallest absolute Gasteiger partial charge is 0.125 e. The molecular weight excluding hydrogens is 231 g/mol. The fourth-order valence-electron chi connectivity index (χ4n) is 2.49. The van der Waals surface area contributed by atoms with E-state index in [1.807, 2.05) is 6.07 Å². The third-order valence-corrected chi connectivity index (χ3v) is 3.80. The van der Waals surface area contributed by atoms with E-state index in [1.165, 1.54) is 12.1 Å². The van der Waals surface area contributed by atoms with Crippen molar-refractivity contribution in [3.8, 4) is 0 Å². The van der Waals surface area contributed by atoms with Gasteiger partial charge in [-0.2, -0.15) is 0 Å². The van der Waals surface area contributed by atoms with Crippen LogP contribution in [0.4, 0.5) is 10.1 Å². The Morgan fingerprint density at radius 1 is 1.39 bits per heavy atom. The van der Waals surface area contributed by atoms with Crippen molar-refractivity contribution in [1.82, 2.24) is 4.90 Å². The summed E-state index contributed by atoms with van der Waals surface area (Å²) in [6.45, 7) is 5.22. The Hall–Kier alpha value is -1.13. The average Bonchev–Trinajstić information content (AvgIpc) is 2.39. The average molecular weight is 252 g/mol. The van der Waals surface area contributed by atoms with Crippen LogP contribution in [0.15, 0.2) is 24.3 Å². The molecule has 0 saturated carbocycles. The molecule has 1 aromatic carbocycles. The van der Waals surface area contributed by atoms with Gasteiger partial charge in [0.15, 0.2) is 0 Å². The van der Waals surface area contributed by atoms with Crippen LogP contribution in [0.25, 0.3) is 0 Å². The van der Waals surface area contributed by atoms with Crippen LogP contribution >= 0.6 is 0 Å². The number of hydrogen-bond acceptors (Lipinski definition) is 3. The first-order chi connectivity index (χ1) is 8.67. The molecule has 1 aliphatic heterocycles. The van der Waals surface area contributed by atoms with Crippen LogP contribution in [0.1, 0.15) is 19.8 Å². The van der Waals surface area contributed by atoms with Gasteiger partial charge in [0.25, 0.3) is 0 Å². The van der Waals surface area contributed by atoms with Gasteiger partial charge < -0.3 is 15.3 Å². The summed E-state index contributed by atoms with van der Waals surface area (Å²) in [6, 6.07) is 6.43. The zero-order valence-corrected chi connectivity index (χ0v) is 10.8. The van der Waals surface area contributed by atoms with Gasteiger partial charge in [-0.1, -0.05) is 13.0 Å². The fourth-order valence-corrected chi connectivity index (χ4v) is 2.49. The molecule has 2 N–H and O–H groups in total. The molecule has 0 aliphatic carbocycles. The summed E-state index contributed by atoms with van der Waals surface area (Å²) in [6.07, 6.45) is 1.77. The molecule has 2 rings (SSSR count). The molecule has 0 amide bonds. The molecular formula is C14H21FN2O.